The van der Waals surface area contributed by atoms with E-state index in [1.54, 1.807) is 16.4 Å². The molecule has 1 atom stereocenters. The zero-order chi connectivity index (χ0) is 25.8. The first-order valence-corrected chi connectivity index (χ1v) is 14.2. The van der Waals surface area contributed by atoms with Gasteiger partial charge in [-0.25, -0.2) is 4.98 Å². The zero-order valence-corrected chi connectivity index (χ0v) is 22.1. The van der Waals surface area contributed by atoms with Crippen LogP contribution in [0.1, 0.15) is 19.8 Å². The number of amides is 1. The van der Waals surface area contributed by atoms with E-state index in [4.69, 9.17) is 9.72 Å². The second-order valence-electron chi connectivity index (χ2n) is 8.79. The van der Waals surface area contributed by atoms with Gasteiger partial charge in [0.15, 0.2) is 5.16 Å². The molecule has 37 heavy (non-hydrogen) atoms. The fraction of sp³-hybridized carbons (Fsp3) is 0.286. The lowest BCUT2D eigenvalue weighted by atomic mass is 9.98. The first kappa shape index (κ1) is 25.2. The van der Waals surface area contributed by atoms with Crippen molar-refractivity contribution in [2.45, 2.75) is 24.9 Å². The molecule has 1 aliphatic rings. The molecule has 1 saturated heterocycles. The van der Waals surface area contributed by atoms with Crippen LogP contribution >= 0.6 is 23.1 Å². The molecule has 1 fully saturated rings. The molecule has 1 amide bonds. The molecule has 190 valence electrons. The third-order valence-corrected chi connectivity index (χ3v) is 8.19. The average molecular weight is 534 g/mol. The number of rotatable bonds is 7. The predicted molar refractivity (Wildman–Crippen MR) is 147 cm³/mol. The summed E-state index contributed by atoms with van der Waals surface area (Å²) in [6.45, 7) is 3.09. The molecule has 7 nitrogen and oxygen atoms in total. The van der Waals surface area contributed by atoms with E-state index in [0.29, 0.717) is 40.8 Å². The van der Waals surface area contributed by atoms with Crippen LogP contribution in [-0.2, 0) is 14.3 Å². The number of piperidine rings is 1. The Morgan fingerprint density at radius 2 is 1.84 bits per heavy atom. The molecule has 0 aliphatic carbocycles. The van der Waals surface area contributed by atoms with Crippen molar-refractivity contribution in [2.24, 2.45) is 5.92 Å². The number of carbonyl (C=O) groups excluding carboxylic acids is 2. The van der Waals surface area contributed by atoms with E-state index < -0.39 is 0 Å². The first-order valence-electron chi connectivity index (χ1n) is 12.3. The number of esters is 1. The Morgan fingerprint density at radius 1 is 1.11 bits per heavy atom. The van der Waals surface area contributed by atoms with Crippen LogP contribution in [0.2, 0.25) is 0 Å². The van der Waals surface area contributed by atoms with Gasteiger partial charge >= 0.3 is 5.97 Å². The number of likely N-dealkylation sites (tertiary alicyclic amines) is 1. The summed E-state index contributed by atoms with van der Waals surface area (Å²) >= 11 is 2.68. The molecular formula is C28H27N3O4S2. The van der Waals surface area contributed by atoms with E-state index in [-0.39, 0.29) is 29.1 Å². The van der Waals surface area contributed by atoms with Gasteiger partial charge in [-0.15, -0.1) is 11.3 Å². The minimum absolute atomic E-state index is 0.0795. The van der Waals surface area contributed by atoms with E-state index in [9.17, 15) is 14.4 Å². The summed E-state index contributed by atoms with van der Waals surface area (Å²) in [5, 5.41) is 3.01. The van der Waals surface area contributed by atoms with Crippen molar-refractivity contribution in [1.82, 2.24) is 14.5 Å². The highest BCUT2D eigenvalue weighted by molar-refractivity contribution is 7.99. The second-order valence-corrected chi connectivity index (χ2v) is 10.6. The fourth-order valence-corrected chi connectivity index (χ4v) is 6.48. The molecule has 0 saturated carbocycles. The molecule has 2 aromatic carbocycles. The third kappa shape index (κ3) is 5.33. The van der Waals surface area contributed by atoms with Crippen LogP contribution in [0.25, 0.3) is 27.0 Å². The summed E-state index contributed by atoms with van der Waals surface area (Å²) < 4.78 is 6.76. The minimum Gasteiger partial charge on any atom is -0.466 e. The summed E-state index contributed by atoms with van der Waals surface area (Å²) in [7, 11) is 0. The number of aromatic nitrogens is 2. The van der Waals surface area contributed by atoms with Gasteiger partial charge in [-0.3, -0.25) is 19.0 Å². The summed E-state index contributed by atoms with van der Waals surface area (Å²) in [6, 6.07) is 19.2. The first-order chi connectivity index (χ1) is 18.1. The smallest absolute Gasteiger partial charge is 0.310 e. The Hall–Kier alpha value is -3.43. The van der Waals surface area contributed by atoms with Crippen LogP contribution in [0.3, 0.4) is 0 Å². The monoisotopic (exact) mass is 533 g/mol. The van der Waals surface area contributed by atoms with Crippen LogP contribution in [0.5, 0.6) is 0 Å². The Bertz CT molecular complexity index is 1470. The lowest BCUT2D eigenvalue weighted by molar-refractivity contribution is -0.151. The molecule has 9 heteroatoms. The Labute approximate surface area is 223 Å². The normalized spacial score (nSPS) is 15.6. The summed E-state index contributed by atoms with van der Waals surface area (Å²) in [4.78, 5) is 46.4. The number of hydrogen-bond donors (Lipinski definition) is 0. The number of hydrogen-bond acceptors (Lipinski definition) is 7. The highest BCUT2D eigenvalue weighted by atomic mass is 32.2. The maximum Gasteiger partial charge on any atom is 0.310 e. The number of carbonyl (C=O) groups is 2. The number of ether oxygens (including phenoxy) is 1. The molecule has 0 bridgehead atoms. The van der Waals surface area contributed by atoms with E-state index in [0.717, 1.165) is 24.0 Å². The van der Waals surface area contributed by atoms with Gasteiger partial charge in [0.25, 0.3) is 5.56 Å². The van der Waals surface area contributed by atoms with Gasteiger partial charge in [-0.05, 0) is 37.5 Å². The molecule has 5 rings (SSSR count). The van der Waals surface area contributed by atoms with Gasteiger partial charge < -0.3 is 9.64 Å². The van der Waals surface area contributed by atoms with Gasteiger partial charge in [-0.1, -0.05) is 60.3 Å². The van der Waals surface area contributed by atoms with E-state index in [1.807, 2.05) is 66.0 Å². The lowest BCUT2D eigenvalue weighted by Gasteiger charge is -2.31. The van der Waals surface area contributed by atoms with Crippen molar-refractivity contribution in [3.8, 4) is 16.8 Å². The highest BCUT2D eigenvalue weighted by Crippen LogP contribution is 2.33. The van der Waals surface area contributed by atoms with Crippen molar-refractivity contribution < 1.29 is 14.3 Å². The second kappa shape index (κ2) is 11.3. The van der Waals surface area contributed by atoms with Gasteiger partial charge in [0.2, 0.25) is 5.91 Å². The maximum atomic E-state index is 13.9. The van der Waals surface area contributed by atoms with Gasteiger partial charge in [0.05, 0.1) is 29.4 Å². The predicted octanol–water partition coefficient (Wildman–Crippen LogP) is 5.01. The lowest BCUT2D eigenvalue weighted by Crippen LogP contribution is -2.43. The van der Waals surface area contributed by atoms with Crippen LogP contribution in [0, 0.1) is 5.92 Å². The SMILES string of the molecule is CCOC(=O)C1CCCN(C(=O)CSc2nc3scc(-c4ccccc4)c3c(=O)n2-c2ccccc2)C1. The molecule has 3 heterocycles. The van der Waals surface area contributed by atoms with E-state index in [2.05, 4.69) is 0 Å². The Morgan fingerprint density at radius 3 is 2.57 bits per heavy atom. The number of thioether (sulfide) groups is 1. The number of benzene rings is 2. The van der Waals surface area contributed by atoms with Gasteiger partial charge in [0, 0.05) is 24.0 Å². The molecule has 1 aliphatic heterocycles. The van der Waals surface area contributed by atoms with Gasteiger partial charge in [-0.2, -0.15) is 0 Å². The molecule has 2 aromatic heterocycles. The topological polar surface area (TPSA) is 81.5 Å². The van der Waals surface area contributed by atoms with Gasteiger partial charge in [0.1, 0.15) is 4.83 Å². The zero-order valence-electron chi connectivity index (χ0n) is 20.5. The largest absolute Gasteiger partial charge is 0.466 e. The molecule has 0 radical (unpaired) electrons. The molecular weight excluding hydrogens is 506 g/mol. The molecule has 0 N–H and O–H groups in total. The number of nitrogens with zero attached hydrogens (tertiary/aromatic N) is 3. The van der Waals surface area contributed by atoms with Crippen molar-refractivity contribution in [3.63, 3.8) is 0 Å². The summed E-state index contributed by atoms with van der Waals surface area (Å²) in [6.07, 6.45) is 1.49. The Kier molecular flexibility index (Phi) is 7.71. The Balaban J connectivity index is 1.46. The average Bonchev–Trinajstić information content (AvgIpc) is 3.37. The van der Waals surface area contributed by atoms with Crippen LogP contribution in [-0.4, -0.2) is 51.8 Å². The maximum absolute atomic E-state index is 13.9. The standard InChI is InChI=1S/C28H27N3O4S2/c1-2-35-27(34)20-12-9-15-30(16-20)23(32)18-37-28-29-25-24(22(17-36-25)19-10-5-3-6-11-19)26(33)31(28)21-13-7-4-8-14-21/h3-8,10-11,13-14,17,20H,2,9,12,15-16,18H2,1H3. The van der Waals surface area contributed by atoms with Crippen molar-refractivity contribution in [2.75, 3.05) is 25.4 Å². The third-order valence-electron chi connectivity index (χ3n) is 6.39. The van der Waals surface area contributed by atoms with Crippen LogP contribution < -0.4 is 5.56 Å². The van der Waals surface area contributed by atoms with Crippen molar-refractivity contribution in [3.05, 3.63) is 76.4 Å². The quantitative estimate of drug-likeness (QED) is 0.189. The summed E-state index contributed by atoms with van der Waals surface area (Å²) in [5.74, 6) is -0.493. The number of fused-ring (bicyclic) bond motifs is 1. The number of para-hydroxylation sites is 1. The minimum atomic E-state index is -0.290. The number of thiophene rings is 1. The van der Waals surface area contributed by atoms with E-state index in [1.165, 1.54) is 23.1 Å². The molecule has 4 aromatic rings. The van der Waals surface area contributed by atoms with Crippen molar-refractivity contribution in [1.29, 1.82) is 0 Å². The molecule has 1 unspecified atom stereocenters. The van der Waals surface area contributed by atoms with Crippen molar-refractivity contribution >= 4 is 45.2 Å². The molecule has 0 spiro atoms. The van der Waals surface area contributed by atoms with E-state index >= 15 is 0 Å². The fourth-order valence-electron chi connectivity index (χ4n) is 4.58. The highest BCUT2D eigenvalue weighted by Gasteiger charge is 2.29. The van der Waals surface area contributed by atoms with Crippen LogP contribution in [0.15, 0.2) is 76.0 Å². The van der Waals surface area contributed by atoms with Crippen LogP contribution in [0.4, 0.5) is 0 Å². The summed E-state index contributed by atoms with van der Waals surface area (Å²) in [5.41, 5.74) is 2.35.